The second kappa shape index (κ2) is 10.1. The standard InChI is InChI=1S/C20H39N7/c1-8-21-20(22-14-16(3)27-11-9-25(6)10-12-27)23-15(2)13-19-17(4)24-26(7)18(19)5/h15-16H,8-14H2,1-7H3,(H2,21,22,23). The lowest BCUT2D eigenvalue weighted by Gasteiger charge is -2.36. The Morgan fingerprint density at radius 3 is 2.37 bits per heavy atom. The molecule has 2 atom stereocenters. The molecule has 0 saturated carbocycles. The molecular weight excluding hydrogens is 338 g/mol. The minimum absolute atomic E-state index is 0.295. The predicted molar refractivity (Wildman–Crippen MR) is 113 cm³/mol. The highest BCUT2D eigenvalue weighted by Crippen LogP contribution is 2.14. The fourth-order valence-corrected chi connectivity index (χ4v) is 3.63. The Labute approximate surface area is 165 Å². The summed E-state index contributed by atoms with van der Waals surface area (Å²) in [6, 6.07) is 0.760. The first-order chi connectivity index (χ1) is 12.8. The Morgan fingerprint density at radius 2 is 1.81 bits per heavy atom. The van der Waals surface area contributed by atoms with Crippen LogP contribution in [-0.2, 0) is 13.5 Å². The van der Waals surface area contributed by atoms with Gasteiger partial charge < -0.3 is 15.5 Å². The van der Waals surface area contributed by atoms with Crippen molar-refractivity contribution in [2.45, 2.75) is 53.1 Å². The third-order valence-corrected chi connectivity index (χ3v) is 5.57. The van der Waals surface area contributed by atoms with Crippen molar-refractivity contribution in [2.24, 2.45) is 12.0 Å². The Bertz CT molecular complexity index is 614. The Balaban J connectivity index is 1.92. The third-order valence-electron chi connectivity index (χ3n) is 5.57. The zero-order valence-corrected chi connectivity index (χ0v) is 18.3. The number of rotatable bonds is 7. The van der Waals surface area contributed by atoms with Crippen LogP contribution in [0.25, 0.3) is 0 Å². The van der Waals surface area contributed by atoms with Gasteiger partial charge in [-0.15, -0.1) is 0 Å². The van der Waals surface area contributed by atoms with Crippen molar-refractivity contribution in [2.75, 3.05) is 46.3 Å². The van der Waals surface area contributed by atoms with Crippen molar-refractivity contribution >= 4 is 5.96 Å². The number of likely N-dealkylation sites (N-methyl/N-ethyl adjacent to an activating group) is 1. The van der Waals surface area contributed by atoms with E-state index in [-0.39, 0.29) is 0 Å². The van der Waals surface area contributed by atoms with E-state index in [1.54, 1.807) is 0 Å². The Morgan fingerprint density at radius 1 is 1.15 bits per heavy atom. The topological polar surface area (TPSA) is 60.7 Å². The van der Waals surface area contributed by atoms with E-state index >= 15 is 0 Å². The van der Waals surface area contributed by atoms with Crippen molar-refractivity contribution in [3.8, 4) is 0 Å². The second-order valence-corrected chi connectivity index (χ2v) is 7.93. The highest BCUT2D eigenvalue weighted by atomic mass is 15.3. The van der Waals surface area contributed by atoms with Gasteiger partial charge >= 0.3 is 0 Å². The molecule has 1 aliphatic rings. The number of aliphatic imine (C=N–C) groups is 1. The van der Waals surface area contributed by atoms with Crippen molar-refractivity contribution in [3.63, 3.8) is 0 Å². The van der Waals surface area contributed by atoms with E-state index in [0.29, 0.717) is 12.1 Å². The molecule has 1 aromatic heterocycles. The van der Waals surface area contributed by atoms with Crippen LogP contribution < -0.4 is 10.6 Å². The van der Waals surface area contributed by atoms with E-state index in [9.17, 15) is 0 Å². The second-order valence-electron chi connectivity index (χ2n) is 7.93. The first-order valence-electron chi connectivity index (χ1n) is 10.3. The SMILES string of the molecule is CCNC(=NCC(C)N1CCN(C)CC1)NC(C)Cc1c(C)nn(C)c1C. The number of aromatic nitrogens is 2. The van der Waals surface area contributed by atoms with E-state index in [2.05, 4.69) is 67.2 Å². The summed E-state index contributed by atoms with van der Waals surface area (Å²) < 4.78 is 1.97. The number of guanidine groups is 1. The molecule has 7 heteroatoms. The van der Waals surface area contributed by atoms with Gasteiger partial charge in [-0.25, -0.2) is 0 Å². The van der Waals surface area contributed by atoms with Gasteiger partial charge in [0.05, 0.1) is 12.2 Å². The van der Waals surface area contributed by atoms with Gasteiger partial charge in [0.25, 0.3) is 0 Å². The number of hydrogen-bond donors (Lipinski definition) is 2. The molecule has 0 spiro atoms. The minimum atomic E-state index is 0.295. The fraction of sp³-hybridized carbons (Fsp3) is 0.800. The van der Waals surface area contributed by atoms with Gasteiger partial charge in [0.2, 0.25) is 0 Å². The van der Waals surface area contributed by atoms with Gasteiger partial charge in [0, 0.05) is 57.5 Å². The van der Waals surface area contributed by atoms with Gasteiger partial charge in [-0.2, -0.15) is 5.10 Å². The van der Waals surface area contributed by atoms with Gasteiger partial charge in [-0.05, 0) is 53.7 Å². The van der Waals surface area contributed by atoms with Crippen molar-refractivity contribution in [3.05, 3.63) is 17.0 Å². The highest BCUT2D eigenvalue weighted by molar-refractivity contribution is 5.80. The van der Waals surface area contributed by atoms with Crippen LogP contribution in [0.15, 0.2) is 4.99 Å². The first kappa shape index (κ1) is 21.7. The molecule has 2 rings (SSSR count). The summed E-state index contributed by atoms with van der Waals surface area (Å²) in [6.07, 6.45) is 0.948. The van der Waals surface area contributed by atoms with Gasteiger partial charge in [0.15, 0.2) is 5.96 Å². The lowest BCUT2D eigenvalue weighted by molar-refractivity contribution is 0.122. The third kappa shape index (κ3) is 6.21. The molecule has 0 amide bonds. The van der Waals surface area contributed by atoms with E-state index < -0.39 is 0 Å². The number of nitrogens with zero attached hydrogens (tertiary/aromatic N) is 5. The maximum absolute atomic E-state index is 4.86. The monoisotopic (exact) mass is 377 g/mol. The maximum atomic E-state index is 4.86. The highest BCUT2D eigenvalue weighted by Gasteiger charge is 2.19. The van der Waals surface area contributed by atoms with Crippen molar-refractivity contribution in [1.29, 1.82) is 0 Å². The lowest BCUT2D eigenvalue weighted by atomic mass is 10.1. The van der Waals surface area contributed by atoms with Gasteiger partial charge in [-0.3, -0.25) is 14.6 Å². The van der Waals surface area contributed by atoms with E-state index in [0.717, 1.165) is 57.3 Å². The summed E-state index contributed by atoms with van der Waals surface area (Å²) in [5, 5.41) is 11.5. The van der Waals surface area contributed by atoms with Crippen LogP contribution in [0.5, 0.6) is 0 Å². The zero-order chi connectivity index (χ0) is 20.0. The Hall–Kier alpha value is -1.60. The van der Waals surface area contributed by atoms with Crippen molar-refractivity contribution < 1.29 is 0 Å². The molecule has 154 valence electrons. The summed E-state index contributed by atoms with van der Waals surface area (Å²) in [5.74, 6) is 0.908. The molecule has 2 unspecified atom stereocenters. The largest absolute Gasteiger partial charge is 0.357 e. The molecule has 2 heterocycles. The number of aryl methyl sites for hydroxylation is 2. The van der Waals surface area contributed by atoms with E-state index in [1.807, 2.05) is 11.7 Å². The van der Waals surface area contributed by atoms with Gasteiger partial charge in [-0.1, -0.05) is 0 Å². The molecule has 1 aromatic rings. The molecule has 27 heavy (non-hydrogen) atoms. The summed E-state index contributed by atoms with van der Waals surface area (Å²) in [6.45, 7) is 17.1. The molecule has 7 nitrogen and oxygen atoms in total. The van der Waals surface area contributed by atoms with Crippen LogP contribution in [0.1, 0.15) is 37.7 Å². The predicted octanol–water partition coefficient (Wildman–Crippen LogP) is 1.16. The smallest absolute Gasteiger partial charge is 0.191 e. The summed E-state index contributed by atoms with van der Waals surface area (Å²) in [7, 11) is 4.20. The van der Waals surface area contributed by atoms with E-state index in [4.69, 9.17) is 4.99 Å². The molecular formula is C20H39N7. The van der Waals surface area contributed by atoms with Crippen LogP contribution in [0.3, 0.4) is 0 Å². The molecule has 0 radical (unpaired) electrons. The van der Waals surface area contributed by atoms with Gasteiger partial charge in [0.1, 0.15) is 0 Å². The minimum Gasteiger partial charge on any atom is -0.357 e. The molecule has 1 fully saturated rings. The molecule has 0 aliphatic carbocycles. The average molecular weight is 378 g/mol. The fourth-order valence-electron chi connectivity index (χ4n) is 3.63. The number of hydrogen-bond acceptors (Lipinski definition) is 4. The summed E-state index contributed by atoms with van der Waals surface area (Å²) >= 11 is 0. The van der Waals surface area contributed by atoms with Crippen LogP contribution in [-0.4, -0.2) is 83.9 Å². The summed E-state index contributed by atoms with van der Waals surface area (Å²) in [5.41, 5.74) is 3.69. The molecule has 0 aromatic carbocycles. The maximum Gasteiger partial charge on any atom is 0.191 e. The van der Waals surface area contributed by atoms with Crippen molar-refractivity contribution in [1.82, 2.24) is 30.2 Å². The molecule has 1 aliphatic heterocycles. The zero-order valence-electron chi connectivity index (χ0n) is 18.3. The average Bonchev–Trinajstić information content (AvgIpc) is 2.86. The van der Waals surface area contributed by atoms with E-state index in [1.165, 1.54) is 11.3 Å². The first-order valence-corrected chi connectivity index (χ1v) is 10.3. The Kier molecular flexibility index (Phi) is 8.10. The number of piperazine rings is 1. The van der Waals surface area contributed by atoms with Crippen LogP contribution >= 0.6 is 0 Å². The van der Waals surface area contributed by atoms with Crippen LogP contribution in [0.2, 0.25) is 0 Å². The molecule has 0 bridgehead atoms. The summed E-state index contributed by atoms with van der Waals surface area (Å²) in [4.78, 5) is 9.79. The lowest BCUT2D eigenvalue weighted by Crippen LogP contribution is -2.49. The number of nitrogens with one attached hydrogen (secondary N) is 2. The normalized spacial score (nSPS) is 19.1. The van der Waals surface area contributed by atoms with Crippen LogP contribution in [0, 0.1) is 13.8 Å². The quantitative estimate of drug-likeness (QED) is 0.552. The van der Waals surface area contributed by atoms with Crippen LogP contribution in [0.4, 0.5) is 0 Å². The molecule has 1 saturated heterocycles. The molecule has 2 N–H and O–H groups in total.